The molecular weight excluding hydrogens is 225 g/mol. The van der Waals surface area contributed by atoms with Crippen molar-refractivity contribution in [3.8, 4) is 0 Å². The molecule has 0 radical (unpaired) electrons. The smallest absolute Gasteiger partial charge is 0.323 e. The van der Waals surface area contributed by atoms with Gasteiger partial charge in [0, 0.05) is 12.1 Å². The van der Waals surface area contributed by atoms with Gasteiger partial charge in [-0.3, -0.25) is 9.59 Å². The third-order valence-electron chi connectivity index (χ3n) is 2.79. The number of carbonyl (C=O) groups is 2. The van der Waals surface area contributed by atoms with E-state index in [0.29, 0.717) is 19.4 Å². The molecule has 0 atom stereocenters. The van der Waals surface area contributed by atoms with Crippen molar-refractivity contribution >= 4 is 11.9 Å². The molecule has 1 amide bonds. The second-order valence-electron chi connectivity index (χ2n) is 4.03. The molecule has 0 saturated heterocycles. The van der Waals surface area contributed by atoms with Gasteiger partial charge in [0.15, 0.2) is 0 Å². The second kappa shape index (κ2) is 4.53. The van der Waals surface area contributed by atoms with Gasteiger partial charge in [-0.1, -0.05) is 6.07 Å². The standard InChI is InChI=1S/C12H12FNO3/c13-9-4-3-8-2-1-5-14(7-11(15)16)12(17)10(8)6-9/h3-4,6H,1-2,5,7H2,(H,15,16). The van der Waals surface area contributed by atoms with Crippen molar-refractivity contribution in [1.29, 1.82) is 0 Å². The van der Waals surface area contributed by atoms with E-state index in [1.54, 1.807) is 6.07 Å². The monoisotopic (exact) mass is 237 g/mol. The lowest BCUT2D eigenvalue weighted by Crippen LogP contribution is -2.35. The molecule has 1 aliphatic rings. The number of aryl methyl sites for hydroxylation is 1. The minimum atomic E-state index is -1.06. The van der Waals surface area contributed by atoms with E-state index < -0.39 is 17.7 Å². The fraction of sp³-hybridized carbons (Fsp3) is 0.333. The molecular formula is C12H12FNO3. The molecule has 0 spiro atoms. The Kier molecular flexibility index (Phi) is 3.08. The number of aliphatic carboxylic acids is 1. The Hall–Kier alpha value is -1.91. The van der Waals surface area contributed by atoms with E-state index in [0.717, 1.165) is 5.56 Å². The molecule has 0 fully saturated rings. The van der Waals surface area contributed by atoms with Crippen molar-refractivity contribution in [3.63, 3.8) is 0 Å². The molecule has 90 valence electrons. The van der Waals surface area contributed by atoms with Crippen LogP contribution in [-0.4, -0.2) is 35.0 Å². The molecule has 1 heterocycles. The lowest BCUT2D eigenvalue weighted by Gasteiger charge is -2.18. The van der Waals surface area contributed by atoms with Crippen LogP contribution in [0.3, 0.4) is 0 Å². The Balaban J connectivity index is 2.34. The van der Waals surface area contributed by atoms with Gasteiger partial charge in [-0.2, -0.15) is 0 Å². The van der Waals surface area contributed by atoms with Crippen molar-refractivity contribution < 1.29 is 19.1 Å². The van der Waals surface area contributed by atoms with Crippen LogP contribution in [0.25, 0.3) is 0 Å². The molecule has 1 aliphatic heterocycles. The Morgan fingerprint density at radius 2 is 2.24 bits per heavy atom. The Labute approximate surface area is 97.7 Å². The van der Waals surface area contributed by atoms with E-state index >= 15 is 0 Å². The number of halogens is 1. The number of carboxylic acid groups (broad SMARTS) is 1. The summed E-state index contributed by atoms with van der Waals surface area (Å²) in [6, 6.07) is 4.09. The highest BCUT2D eigenvalue weighted by Gasteiger charge is 2.24. The van der Waals surface area contributed by atoms with Gasteiger partial charge in [0.25, 0.3) is 5.91 Å². The molecule has 0 saturated carbocycles. The first-order chi connectivity index (χ1) is 8.08. The number of nitrogens with zero attached hydrogens (tertiary/aromatic N) is 1. The Bertz CT molecular complexity index is 473. The van der Waals surface area contributed by atoms with Crippen molar-refractivity contribution in [2.24, 2.45) is 0 Å². The second-order valence-corrected chi connectivity index (χ2v) is 4.03. The topological polar surface area (TPSA) is 57.6 Å². The number of benzene rings is 1. The first-order valence-electron chi connectivity index (χ1n) is 5.37. The van der Waals surface area contributed by atoms with Crippen molar-refractivity contribution in [2.45, 2.75) is 12.8 Å². The minimum Gasteiger partial charge on any atom is -0.480 e. The quantitative estimate of drug-likeness (QED) is 0.843. The third-order valence-corrected chi connectivity index (χ3v) is 2.79. The third kappa shape index (κ3) is 2.43. The Morgan fingerprint density at radius 1 is 1.47 bits per heavy atom. The molecule has 1 aromatic carbocycles. The van der Waals surface area contributed by atoms with Crippen molar-refractivity contribution in [2.75, 3.05) is 13.1 Å². The minimum absolute atomic E-state index is 0.281. The van der Waals surface area contributed by atoms with E-state index in [1.807, 2.05) is 0 Å². The summed E-state index contributed by atoms with van der Waals surface area (Å²) in [6.07, 6.45) is 1.36. The van der Waals surface area contributed by atoms with Crippen molar-refractivity contribution in [1.82, 2.24) is 4.90 Å². The van der Waals surface area contributed by atoms with Gasteiger partial charge in [-0.15, -0.1) is 0 Å². The lowest BCUT2D eigenvalue weighted by molar-refractivity contribution is -0.137. The van der Waals surface area contributed by atoms with Crippen molar-refractivity contribution in [3.05, 3.63) is 35.1 Å². The summed E-state index contributed by atoms with van der Waals surface area (Å²) in [5.74, 6) is -1.94. The number of carboxylic acids is 1. The summed E-state index contributed by atoms with van der Waals surface area (Å²) in [5.41, 5.74) is 1.06. The van der Waals surface area contributed by atoms with Crippen LogP contribution < -0.4 is 0 Å². The molecule has 2 rings (SSSR count). The summed E-state index contributed by atoms with van der Waals surface area (Å²) in [5, 5.41) is 8.71. The first-order valence-corrected chi connectivity index (χ1v) is 5.37. The molecule has 4 nitrogen and oxygen atoms in total. The van der Waals surface area contributed by atoms with Gasteiger partial charge < -0.3 is 10.0 Å². The van der Waals surface area contributed by atoms with Gasteiger partial charge in [0.2, 0.25) is 0 Å². The number of hydrogen-bond acceptors (Lipinski definition) is 2. The van der Waals surface area contributed by atoms with Crippen LogP contribution >= 0.6 is 0 Å². The lowest BCUT2D eigenvalue weighted by atomic mass is 10.0. The summed E-state index contributed by atoms with van der Waals surface area (Å²) in [7, 11) is 0. The summed E-state index contributed by atoms with van der Waals surface area (Å²) in [6.45, 7) is 0.0518. The van der Waals surface area contributed by atoms with Gasteiger partial charge in [0.05, 0.1) is 0 Å². The highest BCUT2D eigenvalue weighted by Crippen LogP contribution is 2.19. The average Bonchev–Trinajstić information content (AvgIpc) is 2.40. The maximum Gasteiger partial charge on any atom is 0.323 e. The van der Waals surface area contributed by atoms with Crippen LogP contribution in [0.15, 0.2) is 18.2 Å². The van der Waals surface area contributed by atoms with Gasteiger partial charge in [-0.05, 0) is 30.5 Å². The number of amides is 1. The first kappa shape index (κ1) is 11.6. The molecule has 17 heavy (non-hydrogen) atoms. The predicted octanol–water partition coefficient (Wildman–Crippen LogP) is 1.30. The molecule has 0 bridgehead atoms. The van der Waals surface area contributed by atoms with E-state index in [4.69, 9.17) is 5.11 Å². The van der Waals surface area contributed by atoms with Crippen LogP contribution in [0.5, 0.6) is 0 Å². The van der Waals surface area contributed by atoms with Crippen LogP contribution in [0, 0.1) is 5.82 Å². The van der Waals surface area contributed by atoms with Crippen LogP contribution in [0.2, 0.25) is 0 Å². The normalized spacial score (nSPS) is 15.4. The SMILES string of the molecule is O=C(O)CN1CCCc2ccc(F)cc2C1=O. The predicted molar refractivity (Wildman–Crippen MR) is 58.3 cm³/mol. The molecule has 0 unspecified atom stereocenters. The van der Waals surface area contributed by atoms with E-state index in [-0.39, 0.29) is 12.1 Å². The number of rotatable bonds is 2. The zero-order valence-electron chi connectivity index (χ0n) is 9.15. The van der Waals surface area contributed by atoms with E-state index in [9.17, 15) is 14.0 Å². The molecule has 1 aromatic rings. The maximum absolute atomic E-state index is 13.1. The summed E-state index contributed by atoms with van der Waals surface area (Å²) >= 11 is 0. The highest BCUT2D eigenvalue weighted by atomic mass is 19.1. The Morgan fingerprint density at radius 3 is 2.94 bits per heavy atom. The van der Waals surface area contributed by atoms with Gasteiger partial charge >= 0.3 is 5.97 Å². The molecule has 0 aliphatic carbocycles. The van der Waals surface area contributed by atoms with E-state index in [1.165, 1.54) is 17.0 Å². The molecule has 5 heteroatoms. The van der Waals surface area contributed by atoms with Crippen LogP contribution in [-0.2, 0) is 11.2 Å². The van der Waals surface area contributed by atoms with Gasteiger partial charge in [0.1, 0.15) is 12.4 Å². The largest absolute Gasteiger partial charge is 0.480 e. The number of fused-ring (bicyclic) bond motifs is 1. The molecule has 0 aromatic heterocycles. The fourth-order valence-corrected chi connectivity index (χ4v) is 2.01. The maximum atomic E-state index is 13.1. The molecule has 1 N–H and O–H groups in total. The van der Waals surface area contributed by atoms with Gasteiger partial charge in [-0.25, -0.2) is 4.39 Å². The number of carbonyl (C=O) groups excluding carboxylic acids is 1. The zero-order chi connectivity index (χ0) is 12.4. The fourth-order valence-electron chi connectivity index (χ4n) is 2.01. The average molecular weight is 237 g/mol. The van der Waals surface area contributed by atoms with Crippen LogP contribution in [0.1, 0.15) is 22.3 Å². The van der Waals surface area contributed by atoms with E-state index in [2.05, 4.69) is 0 Å². The number of hydrogen-bond donors (Lipinski definition) is 1. The van der Waals surface area contributed by atoms with Crippen LogP contribution in [0.4, 0.5) is 4.39 Å². The summed E-state index contributed by atoms with van der Waals surface area (Å²) < 4.78 is 13.1. The zero-order valence-corrected chi connectivity index (χ0v) is 9.15. The highest BCUT2D eigenvalue weighted by molar-refractivity contribution is 5.97. The summed E-state index contributed by atoms with van der Waals surface area (Å²) in [4.78, 5) is 23.9.